The number of nitrogens with one attached hydrogen (secondary N) is 1. The summed E-state index contributed by atoms with van der Waals surface area (Å²) in [5, 5.41) is 10.8. The number of hydrogen-bond acceptors (Lipinski definition) is 4. The van der Waals surface area contributed by atoms with Crippen LogP contribution < -0.4 is 5.32 Å². The van der Waals surface area contributed by atoms with Crippen LogP contribution in [-0.4, -0.2) is 16.1 Å². The van der Waals surface area contributed by atoms with Crippen molar-refractivity contribution >= 4 is 17.5 Å². The van der Waals surface area contributed by atoms with E-state index in [0.717, 1.165) is 5.56 Å². The molecule has 19 heavy (non-hydrogen) atoms. The molecule has 5 nitrogen and oxygen atoms in total. The normalized spacial score (nSPS) is 10.7. The number of aromatic nitrogens is 2. The third-order valence-electron chi connectivity index (χ3n) is 2.53. The molecule has 0 saturated heterocycles. The zero-order chi connectivity index (χ0) is 13.8. The van der Waals surface area contributed by atoms with Gasteiger partial charge in [0.15, 0.2) is 0 Å². The Morgan fingerprint density at radius 1 is 1.37 bits per heavy atom. The summed E-state index contributed by atoms with van der Waals surface area (Å²) in [6, 6.07) is 7.31. The molecule has 1 aromatic heterocycles. The highest BCUT2D eigenvalue weighted by Crippen LogP contribution is 2.15. The zero-order valence-corrected chi connectivity index (χ0v) is 11.4. The maximum absolute atomic E-state index is 11.8. The number of amides is 1. The van der Waals surface area contributed by atoms with Gasteiger partial charge in [0.1, 0.15) is 0 Å². The molecule has 0 radical (unpaired) electrons. The van der Waals surface area contributed by atoms with E-state index >= 15 is 0 Å². The summed E-state index contributed by atoms with van der Waals surface area (Å²) in [6.07, 6.45) is 0. The second-order valence-corrected chi connectivity index (χ2v) is 4.78. The van der Waals surface area contributed by atoms with Crippen LogP contribution in [-0.2, 0) is 6.54 Å². The first-order valence-electron chi connectivity index (χ1n) is 5.93. The molecule has 0 saturated carbocycles. The third kappa shape index (κ3) is 3.32. The van der Waals surface area contributed by atoms with E-state index in [9.17, 15) is 4.79 Å². The average molecular weight is 280 g/mol. The Bertz CT molecular complexity index is 581. The lowest BCUT2D eigenvalue weighted by atomic mass is 10.2. The molecule has 0 spiro atoms. The van der Waals surface area contributed by atoms with E-state index in [4.69, 9.17) is 16.0 Å². The smallest absolute Gasteiger partial charge is 0.309 e. The highest BCUT2D eigenvalue weighted by atomic mass is 35.5. The summed E-state index contributed by atoms with van der Waals surface area (Å²) in [5.74, 6) is 0.107. The number of nitrogens with zero attached hydrogens (tertiary/aromatic N) is 2. The molecule has 0 aliphatic rings. The molecular formula is C13H14ClN3O2. The Morgan fingerprint density at radius 2 is 2.11 bits per heavy atom. The number of hydrogen-bond donors (Lipinski definition) is 1. The van der Waals surface area contributed by atoms with E-state index in [1.807, 2.05) is 32.0 Å². The van der Waals surface area contributed by atoms with Gasteiger partial charge in [0.25, 0.3) is 0 Å². The second-order valence-electron chi connectivity index (χ2n) is 4.37. The number of benzene rings is 1. The van der Waals surface area contributed by atoms with E-state index in [1.165, 1.54) is 0 Å². The first-order chi connectivity index (χ1) is 9.08. The van der Waals surface area contributed by atoms with E-state index in [-0.39, 0.29) is 11.8 Å². The van der Waals surface area contributed by atoms with Gasteiger partial charge in [-0.15, -0.1) is 10.2 Å². The Balaban J connectivity index is 1.99. The van der Waals surface area contributed by atoms with Crippen molar-refractivity contribution in [2.24, 2.45) is 0 Å². The minimum atomic E-state index is -0.403. The summed E-state index contributed by atoms with van der Waals surface area (Å²) in [7, 11) is 0. The van der Waals surface area contributed by atoms with E-state index in [2.05, 4.69) is 15.5 Å². The van der Waals surface area contributed by atoms with Crippen LogP contribution in [0.1, 0.15) is 41.9 Å². The maximum atomic E-state index is 11.8. The highest BCUT2D eigenvalue weighted by Gasteiger charge is 2.16. The molecular weight excluding hydrogens is 266 g/mol. The SMILES string of the molecule is CC(C)c1nnc(C(=O)NCc2ccccc2Cl)o1. The summed E-state index contributed by atoms with van der Waals surface area (Å²) in [4.78, 5) is 11.8. The van der Waals surface area contributed by atoms with Crippen molar-refractivity contribution in [1.82, 2.24) is 15.5 Å². The fraction of sp³-hybridized carbons (Fsp3) is 0.308. The van der Waals surface area contributed by atoms with Crippen LogP contribution in [0.3, 0.4) is 0 Å². The summed E-state index contributed by atoms with van der Waals surface area (Å²) >= 11 is 6.00. The Hall–Kier alpha value is -1.88. The first kappa shape index (κ1) is 13.5. The minimum Gasteiger partial charge on any atom is -0.417 e. The van der Waals surface area contributed by atoms with Gasteiger partial charge in [-0.1, -0.05) is 43.6 Å². The van der Waals surface area contributed by atoms with Crippen molar-refractivity contribution in [2.75, 3.05) is 0 Å². The lowest BCUT2D eigenvalue weighted by Crippen LogP contribution is -2.23. The summed E-state index contributed by atoms with van der Waals surface area (Å²) in [6.45, 7) is 4.15. The van der Waals surface area contributed by atoms with Crippen LogP contribution in [0, 0.1) is 0 Å². The van der Waals surface area contributed by atoms with Crippen molar-refractivity contribution in [1.29, 1.82) is 0 Å². The van der Waals surface area contributed by atoms with Gasteiger partial charge in [0, 0.05) is 17.5 Å². The molecule has 0 atom stereocenters. The van der Waals surface area contributed by atoms with Crippen LogP contribution in [0.25, 0.3) is 0 Å². The number of rotatable bonds is 4. The van der Waals surface area contributed by atoms with Crippen molar-refractivity contribution in [3.05, 3.63) is 46.6 Å². The predicted molar refractivity (Wildman–Crippen MR) is 71.0 cm³/mol. The zero-order valence-electron chi connectivity index (χ0n) is 10.7. The molecule has 1 amide bonds. The molecule has 0 aliphatic heterocycles. The lowest BCUT2D eigenvalue weighted by Gasteiger charge is -2.04. The molecule has 0 fully saturated rings. The van der Waals surface area contributed by atoms with Gasteiger partial charge < -0.3 is 9.73 Å². The molecule has 6 heteroatoms. The fourth-order valence-corrected chi connectivity index (χ4v) is 1.66. The first-order valence-corrected chi connectivity index (χ1v) is 6.30. The molecule has 1 N–H and O–H groups in total. The van der Waals surface area contributed by atoms with Gasteiger partial charge in [-0.3, -0.25) is 4.79 Å². The molecule has 0 aliphatic carbocycles. The maximum Gasteiger partial charge on any atom is 0.309 e. The molecule has 100 valence electrons. The molecule has 0 unspecified atom stereocenters. The molecule has 2 aromatic rings. The average Bonchev–Trinajstić information content (AvgIpc) is 2.87. The quantitative estimate of drug-likeness (QED) is 0.934. The van der Waals surface area contributed by atoms with Gasteiger partial charge >= 0.3 is 11.8 Å². The minimum absolute atomic E-state index is 0.0317. The van der Waals surface area contributed by atoms with E-state index in [1.54, 1.807) is 6.07 Å². The summed E-state index contributed by atoms with van der Waals surface area (Å²) in [5.41, 5.74) is 0.834. The highest BCUT2D eigenvalue weighted by molar-refractivity contribution is 6.31. The Morgan fingerprint density at radius 3 is 2.74 bits per heavy atom. The second kappa shape index (κ2) is 5.84. The third-order valence-corrected chi connectivity index (χ3v) is 2.89. The van der Waals surface area contributed by atoms with Crippen LogP contribution in [0.4, 0.5) is 0 Å². The monoisotopic (exact) mass is 279 g/mol. The van der Waals surface area contributed by atoms with Crippen LogP contribution in [0.15, 0.2) is 28.7 Å². The van der Waals surface area contributed by atoms with Crippen molar-refractivity contribution < 1.29 is 9.21 Å². The van der Waals surface area contributed by atoms with Crippen LogP contribution >= 0.6 is 11.6 Å². The standard InChI is InChI=1S/C13H14ClN3O2/c1-8(2)12-16-17-13(19-12)11(18)15-7-9-5-3-4-6-10(9)14/h3-6,8H,7H2,1-2H3,(H,15,18). The molecule has 1 heterocycles. The van der Waals surface area contributed by atoms with E-state index in [0.29, 0.717) is 17.5 Å². The molecule has 2 rings (SSSR count). The van der Waals surface area contributed by atoms with Crippen molar-refractivity contribution in [3.8, 4) is 0 Å². The molecule has 1 aromatic carbocycles. The van der Waals surface area contributed by atoms with Crippen molar-refractivity contribution in [3.63, 3.8) is 0 Å². The van der Waals surface area contributed by atoms with Crippen molar-refractivity contribution in [2.45, 2.75) is 26.3 Å². The number of halogens is 1. The van der Waals surface area contributed by atoms with Gasteiger partial charge in [0.2, 0.25) is 5.89 Å². The van der Waals surface area contributed by atoms with Gasteiger partial charge in [0.05, 0.1) is 0 Å². The van der Waals surface area contributed by atoms with E-state index < -0.39 is 5.91 Å². The van der Waals surface area contributed by atoms with Gasteiger partial charge in [-0.05, 0) is 11.6 Å². The number of carbonyl (C=O) groups excluding carboxylic acids is 1. The molecule has 0 bridgehead atoms. The largest absolute Gasteiger partial charge is 0.417 e. The van der Waals surface area contributed by atoms with Crippen LogP contribution in [0.2, 0.25) is 5.02 Å². The Kier molecular flexibility index (Phi) is 4.16. The van der Waals surface area contributed by atoms with Crippen LogP contribution in [0.5, 0.6) is 0 Å². The van der Waals surface area contributed by atoms with Gasteiger partial charge in [-0.25, -0.2) is 0 Å². The topological polar surface area (TPSA) is 68.0 Å². The Labute approximate surface area is 116 Å². The number of carbonyl (C=O) groups is 1. The fourth-order valence-electron chi connectivity index (χ4n) is 1.45. The van der Waals surface area contributed by atoms with Gasteiger partial charge in [-0.2, -0.15) is 0 Å². The lowest BCUT2D eigenvalue weighted by molar-refractivity contribution is 0.0914. The predicted octanol–water partition coefficient (Wildman–Crippen LogP) is 2.78. The summed E-state index contributed by atoms with van der Waals surface area (Å²) < 4.78 is 5.26.